The smallest absolute Gasteiger partial charge is 0.224 e. The highest BCUT2D eigenvalue weighted by atomic mass is 16.1. The summed E-state index contributed by atoms with van der Waals surface area (Å²) in [6.07, 6.45) is 8.74. The summed E-state index contributed by atoms with van der Waals surface area (Å²) in [5, 5.41) is 2.96. The molecular formula is C19H22N2O. The Morgan fingerprint density at radius 1 is 1.23 bits per heavy atom. The second-order valence-corrected chi connectivity index (χ2v) is 5.95. The Bertz CT molecular complexity index is 652. The third kappa shape index (κ3) is 3.19. The fourth-order valence-corrected chi connectivity index (χ4v) is 3.14. The second kappa shape index (κ2) is 6.73. The number of benzene rings is 1. The molecule has 114 valence electrons. The summed E-state index contributed by atoms with van der Waals surface area (Å²) < 4.78 is 0. The van der Waals surface area contributed by atoms with Crippen LogP contribution in [0.15, 0.2) is 42.7 Å². The minimum atomic E-state index is 0.120. The Morgan fingerprint density at radius 3 is 2.91 bits per heavy atom. The molecule has 0 saturated heterocycles. The Labute approximate surface area is 131 Å². The molecule has 1 aromatic heterocycles. The molecule has 1 aliphatic rings. The normalized spacial score (nSPS) is 15.0. The molecular weight excluding hydrogens is 272 g/mol. The lowest BCUT2D eigenvalue weighted by atomic mass is 9.86. The third-order valence-corrected chi connectivity index (χ3v) is 4.36. The first-order valence-electron chi connectivity index (χ1n) is 8.10. The van der Waals surface area contributed by atoms with E-state index in [0.29, 0.717) is 12.3 Å². The van der Waals surface area contributed by atoms with Gasteiger partial charge in [0.1, 0.15) is 0 Å². The number of nitrogens with zero attached hydrogens (tertiary/aromatic N) is 1. The van der Waals surface area contributed by atoms with Crippen molar-refractivity contribution in [2.24, 2.45) is 0 Å². The Balaban J connectivity index is 1.92. The van der Waals surface area contributed by atoms with Gasteiger partial charge >= 0.3 is 0 Å². The molecule has 2 aromatic rings. The van der Waals surface area contributed by atoms with Crippen LogP contribution < -0.4 is 5.32 Å². The van der Waals surface area contributed by atoms with Crippen molar-refractivity contribution >= 4 is 11.6 Å². The predicted molar refractivity (Wildman–Crippen MR) is 89.0 cm³/mol. The predicted octanol–water partition coefficient (Wildman–Crippen LogP) is 4.29. The summed E-state index contributed by atoms with van der Waals surface area (Å²) in [5.74, 6) is 0.506. The lowest BCUT2D eigenvalue weighted by Crippen LogP contribution is -2.19. The van der Waals surface area contributed by atoms with Crippen LogP contribution in [-0.4, -0.2) is 10.9 Å². The van der Waals surface area contributed by atoms with E-state index in [2.05, 4.69) is 41.5 Å². The lowest BCUT2D eigenvalue weighted by molar-refractivity contribution is -0.116. The number of fused-ring (bicyclic) bond motifs is 1. The van der Waals surface area contributed by atoms with E-state index < -0.39 is 0 Å². The highest BCUT2D eigenvalue weighted by Gasteiger charge is 2.19. The fraction of sp³-hybridized carbons (Fsp3) is 0.368. The molecule has 1 aromatic carbocycles. The standard InChI is InChI=1S/C19H22N2O/c1-2-3-6-17(16-5-4-11-20-13-16)14-7-9-18-15(12-14)8-10-19(22)21-18/h4-5,7,9,11-13,17H,2-3,6,8,10H2,1H3,(H,21,22). The van der Waals surface area contributed by atoms with Gasteiger partial charge in [0, 0.05) is 30.4 Å². The molecule has 3 nitrogen and oxygen atoms in total. The van der Waals surface area contributed by atoms with Gasteiger partial charge in [-0.25, -0.2) is 0 Å². The van der Waals surface area contributed by atoms with Crippen LogP contribution in [0.2, 0.25) is 0 Å². The van der Waals surface area contributed by atoms with E-state index >= 15 is 0 Å². The van der Waals surface area contributed by atoms with Crippen LogP contribution in [0.5, 0.6) is 0 Å². The summed E-state index contributed by atoms with van der Waals surface area (Å²) in [6, 6.07) is 10.6. The van der Waals surface area contributed by atoms with Crippen LogP contribution in [0.4, 0.5) is 5.69 Å². The Morgan fingerprint density at radius 2 is 2.14 bits per heavy atom. The molecule has 1 N–H and O–H groups in total. The molecule has 0 bridgehead atoms. The van der Waals surface area contributed by atoms with Crippen molar-refractivity contribution in [1.82, 2.24) is 4.98 Å². The number of anilines is 1. The number of amides is 1. The van der Waals surface area contributed by atoms with Crippen molar-refractivity contribution in [3.05, 3.63) is 59.4 Å². The van der Waals surface area contributed by atoms with Crippen molar-refractivity contribution in [3.8, 4) is 0 Å². The van der Waals surface area contributed by atoms with Crippen LogP contribution in [0.3, 0.4) is 0 Å². The average molecular weight is 294 g/mol. The van der Waals surface area contributed by atoms with Gasteiger partial charge in [0.25, 0.3) is 0 Å². The molecule has 3 rings (SSSR count). The molecule has 0 fully saturated rings. The second-order valence-electron chi connectivity index (χ2n) is 5.95. The highest BCUT2D eigenvalue weighted by molar-refractivity contribution is 5.93. The van der Waals surface area contributed by atoms with Gasteiger partial charge in [-0.05, 0) is 41.7 Å². The summed E-state index contributed by atoms with van der Waals surface area (Å²) in [4.78, 5) is 15.8. The number of carbonyl (C=O) groups excluding carboxylic acids is 1. The van der Waals surface area contributed by atoms with Crippen molar-refractivity contribution < 1.29 is 4.79 Å². The van der Waals surface area contributed by atoms with Gasteiger partial charge in [0.2, 0.25) is 5.91 Å². The molecule has 0 spiro atoms. The molecule has 1 unspecified atom stereocenters. The van der Waals surface area contributed by atoms with Gasteiger partial charge in [0.05, 0.1) is 0 Å². The topological polar surface area (TPSA) is 42.0 Å². The first-order chi connectivity index (χ1) is 10.8. The van der Waals surface area contributed by atoms with E-state index in [1.165, 1.54) is 29.5 Å². The van der Waals surface area contributed by atoms with Crippen LogP contribution in [0.25, 0.3) is 0 Å². The van der Waals surface area contributed by atoms with Gasteiger partial charge in [-0.15, -0.1) is 0 Å². The minimum absolute atomic E-state index is 0.120. The minimum Gasteiger partial charge on any atom is -0.326 e. The van der Waals surface area contributed by atoms with Gasteiger partial charge in [-0.3, -0.25) is 9.78 Å². The summed E-state index contributed by atoms with van der Waals surface area (Å²) >= 11 is 0. The zero-order valence-corrected chi connectivity index (χ0v) is 13.0. The Kier molecular flexibility index (Phi) is 4.52. The first-order valence-corrected chi connectivity index (χ1v) is 8.10. The maximum Gasteiger partial charge on any atom is 0.224 e. The summed E-state index contributed by atoms with van der Waals surface area (Å²) in [5.41, 5.74) is 4.83. The van der Waals surface area contributed by atoms with Crippen molar-refractivity contribution in [2.75, 3.05) is 5.32 Å². The number of carbonyl (C=O) groups is 1. The third-order valence-electron chi connectivity index (χ3n) is 4.36. The van der Waals surface area contributed by atoms with Gasteiger partial charge < -0.3 is 5.32 Å². The first kappa shape index (κ1) is 14.8. The number of aryl methyl sites for hydroxylation is 1. The number of hydrogen-bond acceptors (Lipinski definition) is 2. The van der Waals surface area contributed by atoms with Crippen LogP contribution in [0.1, 0.15) is 55.2 Å². The van der Waals surface area contributed by atoms with E-state index in [0.717, 1.165) is 18.5 Å². The average Bonchev–Trinajstić information content (AvgIpc) is 2.56. The number of unbranched alkanes of at least 4 members (excludes halogenated alkanes) is 1. The van der Waals surface area contributed by atoms with E-state index in [1.807, 2.05) is 18.5 Å². The molecule has 22 heavy (non-hydrogen) atoms. The number of nitrogens with one attached hydrogen (secondary N) is 1. The zero-order chi connectivity index (χ0) is 15.4. The molecule has 0 saturated carbocycles. The Hall–Kier alpha value is -2.16. The molecule has 1 aliphatic heterocycles. The van der Waals surface area contributed by atoms with Crippen LogP contribution >= 0.6 is 0 Å². The summed E-state index contributed by atoms with van der Waals surface area (Å²) in [7, 11) is 0. The van der Waals surface area contributed by atoms with Gasteiger partial charge in [0.15, 0.2) is 0 Å². The molecule has 3 heteroatoms. The van der Waals surface area contributed by atoms with E-state index in [-0.39, 0.29) is 5.91 Å². The molecule has 2 heterocycles. The SMILES string of the molecule is CCCCC(c1cccnc1)c1ccc2c(c1)CCC(=O)N2. The molecule has 0 aliphatic carbocycles. The van der Waals surface area contributed by atoms with E-state index in [9.17, 15) is 4.79 Å². The van der Waals surface area contributed by atoms with Gasteiger partial charge in [-0.1, -0.05) is 38.0 Å². The van der Waals surface area contributed by atoms with Crippen LogP contribution in [0, 0.1) is 0 Å². The lowest BCUT2D eigenvalue weighted by Gasteiger charge is -2.22. The van der Waals surface area contributed by atoms with Crippen molar-refractivity contribution in [2.45, 2.75) is 44.9 Å². The number of hydrogen-bond donors (Lipinski definition) is 1. The quantitative estimate of drug-likeness (QED) is 0.894. The molecule has 0 radical (unpaired) electrons. The van der Waals surface area contributed by atoms with Crippen molar-refractivity contribution in [3.63, 3.8) is 0 Å². The van der Waals surface area contributed by atoms with E-state index in [1.54, 1.807) is 0 Å². The monoisotopic (exact) mass is 294 g/mol. The fourth-order valence-electron chi connectivity index (χ4n) is 3.14. The highest BCUT2D eigenvalue weighted by Crippen LogP contribution is 2.33. The maximum absolute atomic E-state index is 11.5. The largest absolute Gasteiger partial charge is 0.326 e. The molecule has 1 atom stereocenters. The summed E-state index contributed by atoms with van der Waals surface area (Å²) in [6.45, 7) is 2.22. The van der Waals surface area contributed by atoms with E-state index in [4.69, 9.17) is 0 Å². The van der Waals surface area contributed by atoms with Crippen LogP contribution in [-0.2, 0) is 11.2 Å². The number of pyridine rings is 1. The van der Waals surface area contributed by atoms with Crippen molar-refractivity contribution in [1.29, 1.82) is 0 Å². The molecule has 1 amide bonds. The maximum atomic E-state index is 11.5. The zero-order valence-electron chi connectivity index (χ0n) is 13.0. The van der Waals surface area contributed by atoms with Gasteiger partial charge in [-0.2, -0.15) is 0 Å². The number of rotatable bonds is 5. The number of aromatic nitrogens is 1.